The Bertz CT molecular complexity index is 994. The van der Waals surface area contributed by atoms with Crippen LogP contribution < -0.4 is 21.5 Å². The van der Waals surface area contributed by atoms with E-state index in [-0.39, 0.29) is 11.0 Å². The summed E-state index contributed by atoms with van der Waals surface area (Å²) in [4.78, 5) is 26.9. The summed E-state index contributed by atoms with van der Waals surface area (Å²) in [5, 5.41) is 3.93. The lowest BCUT2D eigenvalue weighted by Gasteiger charge is -2.38. The van der Waals surface area contributed by atoms with Crippen LogP contribution in [0.25, 0.3) is 0 Å². The highest BCUT2D eigenvalue weighted by molar-refractivity contribution is 6.44. The van der Waals surface area contributed by atoms with Gasteiger partial charge in [-0.15, -0.1) is 0 Å². The second-order valence-corrected chi connectivity index (χ2v) is 8.39. The number of benzene rings is 1. The lowest BCUT2D eigenvalue weighted by molar-refractivity contribution is 0.257. The summed E-state index contributed by atoms with van der Waals surface area (Å²) in [6.45, 7) is 4.86. The molecule has 0 atom stereocenters. The average molecular weight is 421 g/mol. The number of aromatic amines is 1. The molecule has 1 aromatic carbocycles. The number of rotatable bonds is 3. The van der Waals surface area contributed by atoms with Crippen molar-refractivity contribution in [2.75, 3.05) is 29.9 Å². The topological polar surface area (TPSA) is 99.4 Å². The molecular formula is C19H22Cl2N6O. The molecule has 1 aromatic heterocycles. The van der Waals surface area contributed by atoms with Crippen molar-refractivity contribution < 1.29 is 0 Å². The Balaban J connectivity index is 1.57. The van der Waals surface area contributed by atoms with Gasteiger partial charge in [0.05, 0.1) is 28.0 Å². The van der Waals surface area contributed by atoms with Crippen molar-refractivity contribution in [3.8, 4) is 0 Å². The molecule has 0 radical (unpaired) electrons. The number of aromatic nitrogens is 2. The predicted octanol–water partition coefficient (Wildman–Crippen LogP) is 3.01. The number of aliphatic imine (C=N–C) groups is 1. The van der Waals surface area contributed by atoms with Crippen LogP contribution in [0.2, 0.25) is 10.0 Å². The second kappa shape index (κ2) is 7.39. The van der Waals surface area contributed by atoms with Gasteiger partial charge in [0, 0.05) is 13.1 Å². The van der Waals surface area contributed by atoms with E-state index in [9.17, 15) is 4.79 Å². The third kappa shape index (κ3) is 3.50. The van der Waals surface area contributed by atoms with Crippen molar-refractivity contribution in [3.63, 3.8) is 0 Å². The maximum absolute atomic E-state index is 12.8. The summed E-state index contributed by atoms with van der Waals surface area (Å²) < 4.78 is 0. The van der Waals surface area contributed by atoms with Crippen molar-refractivity contribution >= 4 is 40.7 Å². The fraction of sp³-hybridized carbons (Fsp3) is 0.421. The molecule has 28 heavy (non-hydrogen) atoms. The molecular weight excluding hydrogens is 399 g/mol. The SMILES string of the molecule is CC1(CN)CCN(c2nc3c(c(=O)[nH]2)C(Nc2cccc(Cl)c2Cl)=NC3)CC1. The molecule has 3 heterocycles. The maximum Gasteiger partial charge on any atom is 0.263 e. The normalized spacial score (nSPS) is 18.0. The van der Waals surface area contributed by atoms with E-state index in [2.05, 4.69) is 32.1 Å². The van der Waals surface area contributed by atoms with Crippen LogP contribution in [0.1, 0.15) is 31.0 Å². The minimum Gasteiger partial charge on any atom is -0.342 e. The Hall–Kier alpha value is -2.09. The third-order valence-electron chi connectivity index (χ3n) is 5.57. The summed E-state index contributed by atoms with van der Waals surface area (Å²) in [5.74, 6) is 1.05. The smallest absolute Gasteiger partial charge is 0.263 e. The van der Waals surface area contributed by atoms with Crippen LogP contribution in [0.3, 0.4) is 0 Å². The molecule has 4 rings (SSSR count). The Morgan fingerprint density at radius 1 is 1.32 bits per heavy atom. The van der Waals surface area contributed by atoms with Crippen molar-refractivity contribution in [2.24, 2.45) is 16.1 Å². The zero-order valence-electron chi connectivity index (χ0n) is 15.6. The van der Waals surface area contributed by atoms with Crippen molar-refractivity contribution in [1.82, 2.24) is 9.97 Å². The first-order valence-corrected chi connectivity index (χ1v) is 10.00. The van der Waals surface area contributed by atoms with Gasteiger partial charge in [0.2, 0.25) is 5.95 Å². The molecule has 9 heteroatoms. The Kier molecular flexibility index (Phi) is 5.07. The van der Waals surface area contributed by atoms with Gasteiger partial charge in [-0.25, -0.2) is 4.98 Å². The second-order valence-electron chi connectivity index (χ2n) is 7.60. The number of nitrogens with one attached hydrogen (secondary N) is 2. The van der Waals surface area contributed by atoms with E-state index in [1.54, 1.807) is 18.2 Å². The summed E-state index contributed by atoms with van der Waals surface area (Å²) in [5.41, 5.74) is 7.53. The number of hydrogen-bond acceptors (Lipinski definition) is 6. The number of nitrogens with two attached hydrogens (primary N) is 1. The molecule has 148 valence electrons. The van der Waals surface area contributed by atoms with E-state index in [0.717, 1.165) is 25.9 Å². The highest BCUT2D eigenvalue weighted by atomic mass is 35.5. The van der Waals surface area contributed by atoms with Gasteiger partial charge in [-0.05, 0) is 36.9 Å². The van der Waals surface area contributed by atoms with Crippen LogP contribution >= 0.6 is 23.2 Å². The number of halogens is 2. The predicted molar refractivity (Wildman–Crippen MR) is 114 cm³/mol. The third-order valence-corrected chi connectivity index (χ3v) is 6.39. The fourth-order valence-corrected chi connectivity index (χ4v) is 3.89. The van der Waals surface area contributed by atoms with Crippen LogP contribution in [0.4, 0.5) is 11.6 Å². The molecule has 7 nitrogen and oxygen atoms in total. The van der Waals surface area contributed by atoms with E-state index in [4.69, 9.17) is 28.9 Å². The highest BCUT2D eigenvalue weighted by Gasteiger charge is 2.31. The van der Waals surface area contributed by atoms with E-state index in [1.807, 2.05) is 0 Å². The Morgan fingerprint density at radius 3 is 2.79 bits per heavy atom. The first-order valence-electron chi connectivity index (χ1n) is 9.24. The van der Waals surface area contributed by atoms with Crippen molar-refractivity contribution in [3.05, 3.63) is 49.9 Å². The number of fused-ring (bicyclic) bond motifs is 1. The molecule has 2 aliphatic heterocycles. The van der Waals surface area contributed by atoms with Crippen LogP contribution in [0.5, 0.6) is 0 Å². The maximum atomic E-state index is 12.8. The highest BCUT2D eigenvalue weighted by Crippen LogP contribution is 2.32. The number of nitrogens with zero attached hydrogens (tertiary/aromatic N) is 3. The number of piperidine rings is 1. The quantitative estimate of drug-likeness (QED) is 0.708. The summed E-state index contributed by atoms with van der Waals surface area (Å²) in [6, 6.07) is 5.27. The van der Waals surface area contributed by atoms with E-state index in [0.29, 0.717) is 51.9 Å². The van der Waals surface area contributed by atoms with Gasteiger partial charge < -0.3 is 16.0 Å². The molecule has 0 spiro atoms. The van der Waals surface area contributed by atoms with Crippen LogP contribution in [-0.2, 0) is 6.54 Å². The van der Waals surface area contributed by atoms with Gasteiger partial charge in [0.15, 0.2) is 0 Å². The summed E-state index contributed by atoms with van der Waals surface area (Å²) in [7, 11) is 0. The van der Waals surface area contributed by atoms with Gasteiger partial charge in [-0.1, -0.05) is 36.2 Å². The largest absolute Gasteiger partial charge is 0.342 e. The summed E-state index contributed by atoms with van der Waals surface area (Å²) in [6.07, 6.45) is 1.95. The Morgan fingerprint density at radius 2 is 2.07 bits per heavy atom. The molecule has 0 saturated carbocycles. The monoisotopic (exact) mass is 420 g/mol. The number of H-pyrrole nitrogens is 1. The zero-order valence-corrected chi connectivity index (χ0v) is 17.1. The van der Waals surface area contributed by atoms with Crippen molar-refractivity contribution in [2.45, 2.75) is 26.3 Å². The lowest BCUT2D eigenvalue weighted by Crippen LogP contribution is -2.43. The first-order chi connectivity index (χ1) is 13.4. The van der Waals surface area contributed by atoms with Gasteiger partial charge in [-0.2, -0.15) is 0 Å². The van der Waals surface area contributed by atoms with Crippen LogP contribution in [0, 0.1) is 5.41 Å². The average Bonchev–Trinajstić information content (AvgIpc) is 3.09. The van der Waals surface area contributed by atoms with Crippen molar-refractivity contribution in [1.29, 1.82) is 0 Å². The molecule has 0 amide bonds. The molecule has 0 unspecified atom stereocenters. The minimum absolute atomic E-state index is 0.157. The van der Waals surface area contributed by atoms with Gasteiger partial charge in [0.25, 0.3) is 5.56 Å². The Labute approximate surface area is 173 Å². The van der Waals surface area contributed by atoms with E-state index >= 15 is 0 Å². The molecule has 4 N–H and O–H groups in total. The first kappa shape index (κ1) is 19.2. The van der Waals surface area contributed by atoms with E-state index in [1.165, 1.54) is 0 Å². The molecule has 0 bridgehead atoms. The number of hydrogen-bond donors (Lipinski definition) is 3. The molecule has 1 fully saturated rings. The molecule has 1 saturated heterocycles. The fourth-order valence-electron chi connectivity index (χ4n) is 3.54. The van der Waals surface area contributed by atoms with Gasteiger partial charge >= 0.3 is 0 Å². The molecule has 0 aliphatic carbocycles. The van der Waals surface area contributed by atoms with E-state index < -0.39 is 0 Å². The van der Waals surface area contributed by atoms with Crippen LogP contribution in [-0.4, -0.2) is 35.4 Å². The van der Waals surface area contributed by atoms with Crippen LogP contribution in [0.15, 0.2) is 28.0 Å². The van der Waals surface area contributed by atoms with Gasteiger partial charge in [-0.3, -0.25) is 14.8 Å². The van der Waals surface area contributed by atoms with Gasteiger partial charge in [0.1, 0.15) is 11.4 Å². The lowest BCUT2D eigenvalue weighted by atomic mass is 9.81. The standard InChI is InChI=1S/C19H22Cl2N6O/c1-19(10-22)5-7-27(8-6-19)18-25-13-9-23-16(14(13)17(28)26-18)24-12-4-2-3-11(20)15(12)21/h2-4H,5-10,22H2,1H3,(H,23,24)(H,25,26,28). The zero-order chi connectivity index (χ0) is 19.9. The molecule has 2 aromatic rings. The minimum atomic E-state index is -0.214. The summed E-state index contributed by atoms with van der Waals surface area (Å²) >= 11 is 12.3. The number of amidine groups is 1. The number of anilines is 2. The molecule has 2 aliphatic rings.